The first-order valence-electron chi connectivity index (χ1n) is 9.80. The van der Waals surface area contributed by atoms with Gasteiger partial charge in [-0.05, 0) is 83.6 Å². The first kappa shape index (κ1) is 23.9. The fourth-order valence-electron chi connectivity index (χ4n) is 2.65. The molecule has 1 amide bonds. The van der Waals surface area contributed by atoms with Crippen LogP contribution in [-0.4, -0.2) is 24.7 Å². The van der Waals surface area contributed by atoms with Crippen molar-refractivity contribution in [3.8, 4) is 11.5 Å². The molecule has 1 N–H and O–H groups in total. The van der Waals surface area contributed by atoms with E-state index in [1.54, 1.807) is 54.6 Å². The first-order valence-corrected chi connectivity index (χ1v) is 11.7. The molecule has 0 radical (unpaired) electrons. The molecule has 8 heteroatoms. The molecular formula is C24H20BrIN2O4. The molecule has 0 aliphatic heterocycles. The Morgan fingerprint density at radius 3 is 2.56 bits per heavy atom. The average molecular weight is 607 g/mol. The van der Waals surface area contributed by atoms with Gasteiger partial charge in [0.1, 0.15) is 11.5 Å². The lowest BCUT2D eigenvalue weighted by molar-refractivity contribution is 0.0734. The van der Waals surface area contributed by atoms with E-state index in [0.717, 1.165) is 14.5 Å². The molecule has 0 atom stereocenters. The topological polar surface area (TPSA) is 77.0 Å². The average Bonchev–Trinajstić information content (AvgIpc) is 2.80. The van der Waals surface area contributed by atoms with Crippen LogP contribution in [0.25, 0.3) is 0 Å². The molecule has 0 saturated carbocycles. The second kappa shape index (κ2) is 11.8. The standard InChI is InChI=1S/C24H20BrIN2O4/c1-2-13-31-19-10-7-16(8-11-19)24(30)32-22-12-9-18(25)14-17(22)15-27-28-23(29)20-5-3-4-6-21(20)26/h3-12,14-15H,2,13H2,1H3,(H,28,29)/b27-15+. The zero-order valence-electron chi connectivity index (χ0n) is 17.2. The fraction of sp³-hybridized carbons (Fsp3) is 0.125. The monoisotopic (exact) mass is 606 g/mol. The van der Waals surface area contributed by atoms with Gasteiger partial charge >= 0.3 is 5.97 Å². The van der Waals surface area contributed by atoms with Gasteiger partial charge in [0.05, 0.1) is 23.9 Å². The van der Waals surface area contributed by atoms with Gasteiger partial charge in [-0.25, -0.2) is 10.2 Å². The number of hydrogen-bond donors (Lipinski definition) is 1. The molecule has 0 fully saturated rings. The highest BCUT2D eigenvalue weighted by Gasteiger charge is 2.12. The summed E-state index contributed by atoms with van der Waals surface area (Å²) in [5, 5.41) is 4.02. The lowest BCUT2D eigenvalue weighted by Gasteiger charge is -2.09. The van der Waals surface area contributed by atoms with Crippen LogP contribution in [0.3, 0.4) is 0 Å². The van der Waals surface area contributed by atoms with Crippen LogP contribution in [0.4, 0.5) is 0 Å². The second-order valence-corrected chi connectivity index (χ2v) is 8.70. The van der Waals surface area contributed by atoms with Crippen molar-refractivity contribution in [3.63, 3.8) is 0 Å². The molecule has 0 spiro atoms. The Bertz CT molecular complexity index is 1130. The Kier molecular flexibility index (Phi) is 8.81. The number of carbonyl (C=O) groups is 2. The van der Waals surface area contributed by atoms with E-state index in [1.165, 1.54) is 6.21 Å². The van der Waals surface area contributed by atoms with E-state index in [2.05, 4.69) is 49.0 Å². The number of halogens is 2. The molecule has 0 saturated heterocycles. The van der Waals surface area contributed by atoms with E-state index in [-0.39, 0.29) is 5.91 Å². The van der Waals surface area contributed by atoms with E-state index in [1.807, 2.05) is 19.1 Å². The summed E-state index contributed by atoms with van der Waals surface area (Å²) in [7, 11) is 0. The summed E-state index contributed by atoms with van der Waals surface area (Å²) in [5.74, 6) is 0.178. The Morgan fingerprint density at radius 2 is 1.84 bits per heavy atom. The number of rotatable bonds is 8. The van der Waals surface area contributed by atoms with Crippen molar-refractivity contribution in [2.75, 3.05) is 6.61 Å². The van der Waals surface area contributed by atoms with E-state index in [9.17, 15) is 9.59 Å². The number of amides is 1. The second-order valence-electron chi connectivity index (χ2n) is 6.62. The van der Waals surface area contributed by atoms with Gasteiger partial charge in [0.15, 0.2) is 0 Å². The van der Waals surface area contributed by atoms with Gasteiger partial charge in [0.25, 0.3) is 5.91 Å². The van der Waals surface area contributed by atoms with Gasteiger partial charge in [0, 0.05) is 13.6 Å². The summed E-state index contributed by atoms with van der Waals surface area (Å²) >= 11 is 5.49. The molecule has 0 aliphatic rings. The largest absolute Gasteiger partial charge is 0.494 e. The summed E-state index contributed by atoms with van der Waals surface area (Å²) in [5.41, 5.74) is 3.95. The Labute approximate surface area is 208 Å². The summed E-state index contributed by atoms with van der Waals surface area (Å²) in [4.78, 5) is 24.9. The number of hydrazone groups is 1. The highest BCUT2D eigenvalue weighted by molar-refractivity contribution is 14.1. The number of nitrogens with zero attached hydrogens (tertiary/aromatic N) is 1. The van der Waals surface area contributed by atoms with Crippen LogP contribution < -0.4 is 14.9 Å². The van der Waals surface area contributed by atoms with Gasteiger partial charge in [-0.2, -0.15) is 5.10 Å². The fourth-order valence-corrected chi connectivity index (χ4v) is 3.66. The van der Waals surface area contributed by atoms with Crippen LogP contribution in [-0.2, 0) is 0 Å². The minimum Gasteiger partial charge on any atom is -0.494 e. The van der Waals surface area contributed by atoms with Crippen molar-refractivity contribution in [2.45, 2.75) is 13.3 Å². The number of nitrogens with one attached hydrogen (secondary N) is 1. The number of carbonyl (C=O) groups excluding carboxylic acids is 2. The van der Waals surface area contributed by atoms with Gasteiger partial charge in [-0.15, -0.1) is 0 Å². The molecular weight excluding hydrogens is 587 g/mol. The molecule has 3 rings (SSSR count). The summed E-state index contributed by atoms with van der Waals surface area (Å²) in [6.45, 7) is 2.64. The maximum absolute atomic E-state index is 12.6. The number of benzene rings is 3. The van der Waals surface area contributed by atoms with Crippen molar-refractivity contribution in [1.29, 1.82) is 0 Å². The van der Waals surface area contributed by atoms with Crippen molar-refractivity contribution in [1.82, 2.24) is 5.43 Å². The molecule has 0 bridgehead atoms. The van der Waals surface area contributed by atoms with E-state index < -0.39 is 5.97 Å². The summed E-state index contributed by atoms with van der Waals surface area (Å²) in [6, 6.07) is 19.1. The zero-order chi connectivity index (χ0) is 22.9. The maximum Gasteiger partial charge on any atom is 0.343 e. The summed E-state index contributed by atoms with van der Waals surface area (Å²) < 4.78 is 12.7. The van der Waals surface area contributed by atoms with Gasteiger partial charge in [-0.3, -0.25) is 4.79 Å². The molecule has 164 valence electrons. The summed E-state index contributed by atoms with van der Waals surface area (Å²) in [6.07, 6.45) is 2.34. The van der Waals surface area contributed by atoms with Crippen molar-refractivity contribution < 1.29 is 19.1 Å². The first-order chi connectivity index (χ1) is 15.5. The van der Waals surface area contributed by atoms with Crippen LogP contribution in [0, 0.1) is 3.57 Å². The number of esters is 1. The Hall–Kier alpha value is -2.72. The lowest BCUT2D eigenvalue weighted by atomic mass is 10.2. The molecule has 32 heavy (non-hydrogen) atoms. The molecule has 0 aliphatic carbocycles. The van der Waals surface area contributed by atoms with Crippen molar-refractivity contribution >= 4 is 56.6 Å². The van der Waals surface area contributed by atoms with Gasteiger partial charge in [-0.1, -0.05) is 35.0 Å². The highest BCUT2D eigenvalue weighted by atomic mass is 127. The quantitative estimate of drug-likeness (QED) is 0.115. The minimum atomic E-state index is -0.508. The van der Waals surface area contributed by atoms with Crippen LogP contribution >= 0.6 is 38.5 Å². The van der Waals surface area contributed by atoms with Gasteiger partial charge in [0.2, 0.25) is 0 Å². The minimum absolute atomic E-state index is 0.316. The predicted molar refractivity (Wildman–Crippen MR) is 136 cm³/mol. The van der Waals surface area contributed by atoms with Crippen LogP contribution in [0.15, 0.2) is 76.3 Å². The highest BCUT2D eigenvalue weighted by Crippen LogP contribution is 2.23. The van der Waals surface area contributed by atoms with E-state index >= 15 is 0 Å². The molecule has 3 aromatic rings. The third kappa shape index (κ3) is 6.64. The van der Waals surface area contributed by atoms with Crippen molar-refractivity contribution in [2.24, 2.45) is 5.10 Å². The van der Waals surface area contributed by atoms with Crippen LogP contribution in [0.5, 0.6) is 11.5 Å². The van der Waals surface area contributed by atoms with Crippen LogP contribution in [0.2, 0.25) is 0 Å². The van der Waals surface area contributed by atoms with E-state index in [4.69, 9.17) is 9.47 Å². The smallest absolute Gasteiger partial charge is 0.343 e. The number of ether oxygens (including phenoxy) is 2. The van der Waals surface area contributed by atoms with Crippen molar-refractivity contribution in [3.05, 3.63) is 91.5 Å². The van der Waals surface area contributed by atoms with E-state index in [0.29, 0.717) is 34.8 Å². The molecule has 6 nitrogen and oxygen atoms in total. The zero-order valence-corrected chi connectivity index (χ0v) is 20.9. The molecule has 0 aromatic heterocycles. The maximum atomic E-state index is 12.6. The van der Waals surface area contributed by atoms with Crippen LogP contribution in [0.1, 0.15) is 39.6 Å². The molecule has 0 unspecified atom stereocenters. The molecule has 0 heterocycles. The molecule has 3 aromatic carbocycles. The third-order valence-corrected chi connectivity index (χ3v) is 5.66. The predicted octanol–water partition coefficient (Wildman–Crippen LogP) is 5.83. The number of hydrogen-bond acceptors (Lipinski definition) is 5. The SMILES string of the molecule is CCCOc1ccc(C(=O)Oc2ccc(Br)cc2/C=N/NC(=O)c2ccccc2I)cc1. The normalized spacial score (nSPS) is 10.7. The Morgan fingerprint density at radius 1 is 1.09 bits per heavy atom. The Balaban J connectivity index is 1.70. The lowest BCUT2D eigenvalue weighted by Crippen LogP contribution is -2.18. The third-order valence-electron chi connectivity index (χ3n) is 4.23. The van der Waals surface area contributed by atoms with Gasteiger partial charge < -0.3 is 9.47 Å².